The Labute approximate surface area is 184 Å². The van der Waals surface area contributed by atoms with Crippen LogP contribution in [-0.4, -0.2) is 56.1 Å². The Bertz CT molecular complexity index is 1250. The Morgan fingerprint density at radius 3 is 2.97 bits per heavy atom. The lowest BCUT2D eigenvalue weighted by Gasteiger charge is -2.28. The maximum atomic E-state index is 12.9. The summed E-state index contributed by atoms with van der Waals surface area (Å²) in [6, 6.07) is 7.08. The van der Waals surface area contributed by atoms with Crippen LogP contribution in [0.25, 0.3) is 22.4 Å². The van der Waals surface area contributed by atoms with Gasteiger partial charge >= 0.3 is 0 Å². The maximum Gasteiger partial charge on any atom is 0.270 e. The zero-order chi connectivity index (χ0) is 22.1. The Morgan fingerprint density at radius 2 is 2.22 bits per heavy atom. The van der Waals surface area contributed by atoms with Crippen molar-refractivity contribution in [2.75, 3.05) is 13.2 Å². The molecule has 1 aliphatic heterocycles. The first-order valence-electron chi connectivity index (χ1n) is 10.4. The Kier molecular flexibility index (Phi) is 5.42. The van der Waals surface area contributed by atoms with Gasteiger partial charge in [-0.3, -0.25) is 14.5 Å². The number of ether oxygens (including phenoxy) is 1. The molecule has 9 nitrogen and oxygen atoms in total. The molecule has 0 aromatic carbocycles. The monoisotopic (exact) mass is 433 g/mol. The smallest absolute Gasteiger partial charge is 0.270 e. The van der Waals surface area contributed by atoms with Crippen LogP contribution in [0.15, 0.2) is 53.5 Å². The SMILES string of the molecule is Cn1cc(-c2ccc(Cc3cc(C(=O)N[C@H]4CCOC[C@@H]4O)nc4ccoc34)cn2)cn1. The van der Waals surface area contributed by atoms with E-state index in [0.29, 0.717) is 30.5 Å². The number of aliphatic hydroxyl groups excluding tert-OH is 1. The van der Waals surface area contributed by atoms with E-state index in [9.17, 15) is 9.90 Å². The van der Waals surface area contributed by atoms with Crippen molar-refractivity contribution in [3.63, 3.8) is 0 Å². The van der Waals surface area contributed by atoms with Crippen molar-refractivity contribution in [3.8, 4) is 11.3 Å². The summed E-state index contributed by atoms with van der Waals surface area (Å²) in [7, 11) is 1.87. The molecule has 0 saturated carbocycles. The fourth-order valence-corrected chi connectivity index (χ4v) is 3.88. The largest absolute Gasteiger partial charge is 0.462 e. The molecule has 164 valence electrons. The van der Waals surface area contributed by atoms with Gasteiger partial charge in [0, 0.05) is 49.7 Å². The van der Waals surface area contributed by atoms with E-state index in [0.717, 1.165) is 22.4 Å². The molecular formula is C23H23N5O4. The second kappa shape index (κ2) is 8.52. The molecule has 2 atom stereocenters. The van der Waals surface area contributed by atoms with E-state index in [-0.39, 0.29) is 24.2 Å². The zero-order valence-corrected chi connectivity index (χ0v) is 17.6. The van der Waals surface area contributed by atoms with Crippen molar-refractivity contribution in [3.05, 3.63) is 65.9 Å². The van der Waals surface area contributed by atoms with Crippen molar-refractivity contribution in [2.45, 2.75) is 25.0 Å². The highest BCUT2D eigenvalue weighted by Crippen LogP contribution is 2.24. The van der Waals surface area contributed by atoms with Crippen molar-refractivity contribution in [1.82, 2.24) is 25.1 Å². The topological polar surface area (TPSA) is 115 Å². The van der Waals surface area contributed by atoms with Crippen molar-refractivity contribution < 1.29 is 19.1 Å². The number of carbonyl (C=O) groups excluding carboxylic acids is 1. The van der Waals surface area contributed by atoms with Crippen LogP contribution in [0.2, 0.25) is 0 Å². The average molecular weight is 433 g/mol. The summed E-state index contributed by atoms with van der Waals surface area (Å²) in [4.78, 5) is 21.8. The summed E-state index contributed by atoms with van der Waals surface area (Å²) in [5, 5.41) is 17.1. The molecule has 0 aliphatic carbocycles. The van der Waals surface area contributed by atoms with Crippen LogP contribution in [0.1, 0.15) is 28.0 Å². The summed E-state index contributed by atoms with van der Waals surface area (Å²) in [6.07, 6.45) is 7.43. The number of aryl methyl sites for hydroxylation is 1. The highest BCUT2D eigenvalue weighted by Gasteiger charge is 2.26. The molecule has 1 saturated heterocycles. The van der Waals surface area contributed by atoms with E-state index in [1.54, 1.807) is 29.3 Å². The van der Waals surface area contributed by atoms with Crippen LogP contribution < -0.4 is 5.32 Å². The standard InChI is InChI=1S/C23H23N5O4/c1-28-12-16(11-25-28)17-3-2-14(10-24-17)8-15-9-20(26-19-5-7-32-22(15)19)23(30)27-18-4-6-31-13-21(18)29/h2-3,5,7,9-12,18,21,29H,4,6,8,13H2,1H3,(H,27,30)/t18-,21-/m0/s1. The lowest BCUT2D eigenvalue weighted by Crippen LogP contribution is -2.48. The minimum Gasteiger partial charge on any atom is -0.462 e. The highest BCUT2D eigenvalue weighted by atomic mass is 16.5. The van der Waals surface area contributed by atoms with Crippen LogP contribution in [0.3, 0.4) is 0 Å². The van der Waals surface area contributed by atoms with E-state index in [1.807, 2.05) is 31.6 Å². The quantitative estimate of drug-likeness (QED) is 0.495. The number of aromatic nitrogens is 4. The minimum atomic E-state index is -0.728. The number of furan rings is 1. The first-order valence-corrected chi connectivity index (χ1v) is 10.4. The summed E-state index contributed by atoms with van der Waals surface area (Å²) >= 11 is 0. The number of hydrogen-bond donors (Lipinski definition) is 2. The van der Waals surface area contributed by atoms with Crippen LogP contribution in [0.5, 0.6) is 0 Å². The third-order valence-electron chi connectivity index (χ3n) is 5.58. The predicted molar refractivity (Wildman–Crippen MR) is 116 cm³/mol. The van der Waals surface area contributed by atoms with Gasteiger partial charge in [0.15, 0.2) is 5.58 Å². The molecule has 0 spiro atoms. The number of carbonyl (C=O) groups is 1. The van der Waals surface area contributed by atoms with E-state index < -0.39 is 6.10 Å². The van der Waals surface area contributed by atoms with Gasteiger partial charge in [-0.15, -0.1) is 0 Å². The van der Waals surface area contributed by atoms with E-state index >= 15 is 0 Å². The van der Waals surface area contributed by atoms with Crippen molar-refractivity contribution in [1.29, 1.82) is 0 Å². The molecule has 9 heteroatoms. The number of nitrogens with zero attached hydrogens (tertiary/aromatic N) is 4. The fraction of sp³-hybridized carbons (Fsp3) is 0.304. The number of rotatable bonds is 5. The Hall–Kier alpha value is -3.56. The van der Waals surface area contributed by atoms with Gasteiger partial charge in [-0.05, 0) is 24.1 Å². The first-order chi connectivity index (χ1) is 15.6. The van der Waals surface area contributed by atoms with Crippen molar-refractivity contribution >= 4 is 17.0 Å². The van der Waals surface area contributed by atoms with Crippen molar-refractivity contribution in [2.24, 2.45) is 7.05 Å². The van der Waals surface area contributed by atoms with E-state index in [1.165, 1.54) is 0 Å². The molecule has 5 heterocycles. The van der Waals surface area contributed by atoms with Crippen LogP contribution >= 0.6 is 0 Å². The van der Waals surface area contributed by atoms with Crippen LogP contribution in [0, 0.1) is 0 Å². The first kappa shape index (κ1) is 20.3. The number of pyridine rings is 2. The number of amides is 1. The average Bonchev–Trinajstić information content (AvgIpc) is 3.45. The molecule has 0 radical (unpaired) electrons. The summed E-state index contributed by atoms with van der Waals surface area (Å²) in [5.41, 5.74) is 5.15. The second-order valence-corrected chi connectivity index (χ2v) is 7.94. The molecule has 1 fully saturated rings. The molecule has 1 amide bonds. The Balaban J connectivity index is 1.39. The number of nitrogens with one attached hydrogen (secondary N) is 1. The molecule has 0 unspecified atom stereocenters. The molecule has 2 N–H and O–H groups in total. The van der Waals surface area contributed by atoms with Gasteiger partial charge in [0.25, 0.3) is 5.91 Å². The van der Waals surface area contributed by atoms with Gasteiger partial charge in [0.1, 0.15) is 11.2 Å². The zero-order valence-electron chi connectivity index (χ0n) is 17.6. The molecule has 0 bridgehead atoms. The number of fused-ring (bicyclic) bond motifs is 1. The van der Waals surface area contributed by atoms with Crippen LogP contribution in [-0.2, 0) is 18.2 Å². The molecule has 4 aromatic heterocycles. The predicted octanol–water partition coefficient (Wildman–Crippen LogP) is 2.09. The van der Waals surface area contributed by atoms with Gasteiger partial charge in [-0.25, -0.2) is 4.98 Å². The second-order valence-electron chi connectivity index (χ2n) is 7.94. The van der Waals surface area contributed by atoms with Gasteiger partial charge in [-0.2, -0.15) is 5.10 Å². The van der Waals surface area contributed by atoms with Gasteiger partial charge in [-0.1, -0.05) is 6.07 Å². The van der Waals surface area contributed by atoms with Crippen LogP contribution in [0.4, 0.5) is 0 Å². The van der Waals surface area contributed by atoms with Gasteiger partial charge < -0.3 is 19.6 Å². The Morgan fingerprint density at radius 1 is 1.31 bits per heavy atom. The normalized spacial score (nSPS) is 18.7. The lowest BCUT2D eigenvalue weighted by atomic mass is 10.0. The number of hydrogen-bond acceptors (Lipinski definition) is 7. The number of aliphatic hydroxyl groups is 1. The van der Waals surface area contributed by atoms with E-state index in [2.05, 4.69) is 20.4 Å². The molecular weight excluding hydrogens is 410 g/mol. The molecule has 5 rings (SSSR count). The van der Waals surface area contributed by atoms with E-state index in [4.69, 9.17) is 9.15 Å². The summed E-state index contributed by atoms with van der Waals surface area (Å²) < 4.78 is 12.6. The molecule has 1 aliphatic rings. The third kappa shape index (κ3) is 4.12. The maximum absolute atomic E-state index is 12.9. The summed E-state index contributed by atoms with van der Waals surface area (Å²) in [5.74, 6) is -0.328. The third-order valence-corrected chi connectivity index (χ3v) is 5.58. The highest BCUT2D eigenvalue weighted by molar-refractivity contribution is 5.95. The van der Waals surface area contributed by atoms with Gasteiger partial charge in [0.2, 0.25) is 0 Å². The van der Waals surface area contributed by atoms with Gasteiger partial charge in [0.05, 0.1) is 36.9 Å². The summed E-state index contributed by atoms with van der Waals surface area (Å²) in [6.45, 7) is 0.718. The fourth-order valence-electron chi connectivity index (χ4n) is 3.88. The minimum absolute atomic E-state index is 0.215. The lowest BCUT2D eigenvalue weighted by molar-refractivity contribution is -0.0261. The molecule has 32 heavy (non-hydrogen) atoms. The molecule has 4 aromatic rings.